The molecule has 53 valence electrons. The number of hydrogen-bond donors (Lipinski definition) is 1. The Morgan fingerprint density at radius 2 is 2.09 bits per heavy atom. The Hall–Kier alpha value is -1.64. The van der Waals surface area contributed by atoms with E-state index in [0.717, 1.165) is 0 Å². The molecule has 1 aliphatic rings. The highest BCUT2D eigenvalue weighted by Crippen LogP contribution is 2.12. The van der Waals surface area contributed by atoms with E-state index in [0.29, 0.717) is 11.1 Å². The smallest absolute Gasteiger partial charge is 0.259 e. The minimum Gasteiger partial charge on any atom is -0.288 e. The summed E-state index contributed by atoms with van der Waals surface area (Å²) in [5.41, 5.74) is 0.759. The number of nitrogens with one attached hydrogen (secondary N) is 1. The maximum absolute atomic E-state index is 10.9. The average molecular weight is 146 g/mol. The van der Waals surface area contributed by atoms with Crippen LogP contribution in [0.25, 0.3) is 0 Å². The van der Waals surface area contributed by atoms with Gasteiger partial charge in [-0.05, 0) is 12.1 Å². The molecule has 1 heterocycles. The van der Waals surface area contributed by atoms with Crippen molar-refractivity contribution in [2.75, 3.05) is 0 Å². The SMILES string of the molecule is O=C1NC(=O)c2ccc[c]c21. The second-order valence-corrected chi connectivity index (χ2v) is 2.24. The predicted octanol–water partition coefficient (Wildman–Crippen LogP) is 0.370. The largest absolute Gasteiger partial charge is 0.288 e. The number of hydrogen-bond acceptors (Lipinski definition) is 2. The molecule has 1 aromatic carbocycles. The van der Waals surface area contributed by atoms with Crippen molar-refractivity contribution in [1.29, 1.82) is 0 Å². The molecule has 0 saturated carbocycles. The van der Waals surface area contributed by atoms with E-state index in [1.165, 1.54) is 0 Å². The fourth-order valence-corrected chi connectivity index (χ4v) is 1.05. The summed E-state index contributed by atoms with van der Waals surface area (Å²) >= 11 is 0. The van der Waals surface area contributed by atoms with Crippen LogP contribution in [0.5, 0.6) is 0 Å². The molecule has 1 N–H and O–H groups in total. The molecule has 3 heteroatoms. The molecule has 3 nitrogen and oxygen atoms in total. The normalized spacial score (nSPS) is 14.5. The van der Waals surface area contributed by atoms with Crippen molar-refractivity contribution in [3.05, 3.63) is 35.4 Å². The maximum atomic E-state index is 10.9. The number of benzene rings is 1. The van der Waals surface area contributed by atoms with E-state index in [1.54, 1.807) is 18.2 Å². The lowest BCUT2D eigenvalue weighted by molar-refractivity contribution is 0.0879. The van der Waals surface area contributed by atoms with Crippen LogP contribution < -0.4 is 5.32 Å². The zero-order valence-corrected chi connectivity index (χ0v) is 5.55. The monoisotopic (exact) mass is 146 g/mol. The summed E-state index contributed by atoms with van der Waals surface area (Å²) in [5, 5.41) is 2.17. The topological polar surface area (TPSA) is 46.2 Å². The van der Waals surface area contributed by atoms with E-state index < -0.39 is 0 Å². The van der Waals surface area contributed by atoms with Gasteiger partial charge in [-0.2, -0.15) is 0 Å². The van der Waals surface area contributed by atoms with Crippen molar-refractivity contribution in [3.8, 4) is 0 Å². The molecule has 1 radical (unpaired) electrons. The first-order chi connectivity index (χ1) is 5.29. The zero-order valence-electron chi connectivity index (χ0n) is 5.55. The van der Waals surface area contributed by atoms with E-state index in [2.05, 4.69) is 11.4 Å². The molecule has 11 heavy (non-hydrogen) atoms. The molecule has 0 aliphatic carbocycles. The van der Waals surface area contributed by atoms with Crippen molar-refractivity contribution in [2.45, 2.75) is 0 Å². The molecule has 1 aromatic rings. The highest BCUT2D eigenvalue weighted by atomic mass is 16.2. The Balaban J connectivity index is 2.69. The van der Waals surface area contributed by atoms with E-state index in [-0.39, 0.29) is 11.8 Å². The minimum absolute atomic E-state index is 0.332. The molecule has 2 amide bonds. The van der Waals surface area contributed by atoms with Gasteiger partial charge >= 0.3 is 0 Å². The van der Waals surface area contributed by atoms with Crippen LogP contribution in [0.1, 0.15) is 20.7 Å². The Bertz CT molecular complexity index is 311. The van der Waals surface area contributed by atoms with Crippen LogP contribution in [0, 0.1) is 6.07 Å². The highest BCUT2D eigenvalue weighted by molar-refractivity contribution is 6.21. The lowest BCUT2D eigenvalue weighted by Crippen LogP contribution is -2.19. The first-order valence-corrected chi connectivity index (χ1v) is 3.15. The zero-order chi connectivity index (χ0) is 7.84. The van der Waals surface area contributed by atoms with Crippen LogP contribution >= 0.6 is 0 Å². The van der Waals surface area contributed by atoms with Gasteiger partial charge < -0.3 is 0 Å². The molecule has 1 aliphatic heterocycles. The second kappa shape index (κ2) is 1.92. The van der Waals surface area contributed by atoms with Crippen molar-refractivity contribution < 1.29 is 9.59 Å². The molecule has 0 saturated heterocycles. The fraction of sp³-hybridized carbons (Fsp3) is 0. The second-order valence-electron chi connectivity index (χ2n) is 2.24. The van der Waals surface area contributed by atoms with Gasteiger partial charge in [0.2, 0.25) is 0 Å². The van der Waals surface area contributed by atoms with Gasteiger partial charge in [-0.1, -0.05) is 12.1 Å². The Labute approximate surface area is 63.0 Å². The summed E-state index contributed by atoms with van der Waals surface area (Å²) in [5.74, 6) is -0.688. The molecule has 0 spiro atoms. The number of fused-ring (bicyclic) bond motifs is 1. The minimum atomic E-state index is -0.356. The summed E-state index contributed by atoms with van der Waals surface area (Å²) < 4.78 is 0. The van der Waals surface area contributed by atoms with Crippen molar-refractivity contribution >= 4 is 11.8 Å². The quantitative estimate of drug-likeness (QED) is 0.537. The first-order valence-electron chi connectivity index (χ1n) is 3.15. The fourth-order valence-electron chi connectivity index (χ4n) is 1.05. The number of imide groups is 1. The molecule has 2 rings (SSSR count). The highest BCUT2D eigenvalue weighted by Gasteiger charge is 2.25. The van der Waals surface area contributed by atoms with E-state index >= 15 is 0 Å². The predicted molar refractivity (Wildman–Crippen MR) is 37.1 cm³/mol. The standard InChI is InChI=1S/C8H4NO2/c10-7-5-3-1-2-4-6(5)8(11)9-7/h1-3H,(H,9,10,11). The van der Waals surface area contributed by atoms with Crippen molar-refractivity contribution in [3.63, 3.8) is 0 Å². The van der Waals surface area contributed by atoms with Gasteiger partial charge in [0.05, 0.1) is 11.1 Å². The Morgan fingerprint density at radius 3 is 2.82 bits per heavy atom. The number of carbonyl (C=O) groups is 2. The maximum Gasteiger partial charge on any atom is 0.259 e. The van der Waals surface area contributed by atoms with Crippen LogP contribution in [0.15, 0.2) is 18.2 Å². The third-order valence-electron chi connectivity index (χ3n) is 1.55. The van der Waals surface area contributed by atoms with Crippen LogP contribution in [0.2, 0.25) is 0 Å². The number of rotatable bonds is 0. The van der Waals surface area contributed by atoms with E-state index in [9.17, 15) is 9.59 Å². The molecule has 0 bridgehead atoms. The van der Waals surface area contributed by atoms with E-state index in [4.69, 9.17) is 0 Å². The van der Waals surface area contributed by atoms with Gasteiger partial charge in [-0.15, -0.1) is 0 Å². The molecular formula is C8H4NO2. The van der Waals surface area contributed by atoms with Crippen LogP contribution in [-0.4, -0.2) is 11.8 Å². The van der Waals surface area contributed by atoms with Gasteiger partial charge in [0.25, 0.3) is 11.8 Å². The Kier molecular flexibility index (Phi) is 1.06. The van der Waals surface area contributed by atoms with Crippen LogP contribution in [0.4, 0.5) is 0 Å². The number of carbonyl (C=O) groups excluding carboxylic acids is 2. The molecule has 0 atom stereocenters. The summed E-state index contributed by atoms with van der Waals surface area (Å²) in [6.07, 6.45) is 0. The molecular weight excluding hydrogens is 142 g/mol. The van der Waals surface area contributed by atoms with Crippen molar-refractivity contribution in [2.24, 2.45) is 0 Å². The molecule has 0 aromatic heterocycles. The first kappa shape index (κ1) is 6.09. The summed E-state index contributed by atoms with van der Waals surface area (Å²) in [6, 6.07) is 7.59. The Morgan fingerprint density at radius 1 is 1.27 bits per heavy atom. The lowest BCUT2D eigenvalue weighted by atomic mass is 10.1. The molecule has 0 fully saturated rings. The van der Waals surface area contributed by atoms with Gasteiger partial charge in [-0.25, -0.2) is 0 Å². The van der Waals surface area contributed by atoms with Gasteiger partial charge in [-0.3, -0.25) is 14.9 Å². The van der Waals surface area contributed by atoms with E-state index in [1.807, 2.05) is 0 Å². The summed E-state index contributed by atoms with van der Waals surface area (Å²) in [7, 11) is 0. The van der Waals surface area contributed by atoms with Gasteiger partial charge in [0.15, 0.2) is 0 Å². The number of amides is 2. The van der Waals surface area contributed by atoms with Gasteiger partial charge in [0, 0.05) is 0 Å². The average Bonchev–Trinajstić information content (AvgIpc) is 2.30. The molecule has 0 unspecified atom stereocenters. The summed E-state index contributed by atoms with van der Waals surface area (Å²) in [4.78, 5) is 21.8. The lowest BCUT2D eigenvalue weighted by Gasteiger charge is -1.87. The third kappa shape index (κ3) is 0.741. The third-order valence-corrected chi connectivity index (χ3v) is 1.55. The van der Waals surface area contributed by atoms with Crippen LogP contribution in [0.3, 0.4) is 0 Å². The van der Waals surface area contributed by atoms with Crippen molar-refractivity contribution in [1.82, 2.24) is 5.32 Å². The van der Waals surface area contributed by atoms with Gasteiger partial charge in [0.1, 0.15) is 0 Å². The summed E-state index contributed by atoms with van der Waals surface area (Å²) in [6.45, 7) is 0. The van der Waals surface area contributed by atoms with Crippen LogP contribution in [-0.2, 0) is 0 Å².